The average molecular weight is 415 g/mol. The third-order valence-electron chi connectivity index (χ3n) is 3.97. The van der Waals surface area contributed by atoms with Crippen molar-refractivity contribution in [3.63, 3.8) is 0 Å². The minimum atomic E-state index is -1.04. The van der Waals surface area contributed by atoms with Gasteiger partial charge < -0.3 is 14.9 Å². The van der Waals surface area contributed by atoms with Gasteiger partial charge in [0.25, 0.3) is 5.91 Å². The summed E-state index contributed by atoms with van der Waals surface area (Å²) >= 11 is 6.59. The summed E-state index contributed by atoms with van der Waals surface area (Å²) in [6, 6.07) is 13.7. The van der Waals surface area contributed by atoms with Gasteiger partial charge in [-0.1, -0.05) is 48.2 Å². The molecule has 1 aliphatic rings. The van der Waals surface area contributed by atoms with Gasteiger partial charge in [0.15, 0.2) is 6.61 Å². The second kappa shape index (κ2) is 8.90. The maximum atomic E-state index is 12.7. The number of phenolic OH excluding ortho intramolecular Hbond substituents is 1. The van der Waals surface area contributed by atoms with Crippen molar-refractivity contribution in [2.75, 3.05) is 13.2 Å². The van der Waals surface area contributed by atoms with E-state index in [0.717, 1.165) is 11.1 Å². The van der Waals surface area contributed by atoms with E-state index in [2.05, 4.69) is 0 Å². The van der Waals surface area contributed by atoms with Crippen LogP contribution in [0, 0.1) is 0 Å². The van der Waals surface area contributed by atoms with Crippen molar-refractivity contribution in [3.8, 4) is 11.5 Å². The molecule has 6 nitrogen and oxygen atoms in total. The van der Waals surface area contributed by atoms with Crippen LogP contribution in [0.1, 0.15) is 11.1 Å². The summed E-state index contributed by atoms with van der Waals surface area (Å²) in [5.74, 6) is -0.530. The lowest BCUT2D eigenvalue weighted by atomic mass is 10.1. The molecule has 144 valence electrons. The lowest BCUT2D eigenvalue weighted by molar-refractivity contribution is -0.139. The number of nitrogens with zero attached hydrogens (tertiary/aromatic N) is 1. The molecule has 0 atom stereocenters. The van der Waals surface area contributed by atoms with E-state index in [1.807, 2.05) is 12.1 Å². The molecule has 0 saturated carbocycles. The van der Waals surface area contributed by atoms with Gasteiger partial charge in [0, 0.05) is 6.54 Å². The monoisotopic (exact) mass is 415 g/mol. The van der Waals surface area contributed by atoms with Crippen molar-refractivity contribution in [2.24, 2.45) is 0 Å². The fraction of sp³-hybridized carbons (Fsp3) is 0.150. The van der Waals surface area contributed by atoms with Crippen molar-refractivity contribution in [2.45, 2.75) is 6.42 Å². The van der Waals surface area contributed by atoms with E-state index < -0.39 is 12.6 Å². The average Bonchev–Trinajstić information content (AvgIpc) is 2.94. The molecule has 8 heteroatoms. The molecule has 0 aromatic heterocycles. The molecule has 2 N–H and O–H groups in total. The molecule has 2 aromatic carbocycles. The number of ether oxygens (including phenoxy) is 1. The number of carbonyl (C=O) groups excluding carboxylic acids is 1. The van der Waals surface area contributed by atoms with Crippen LogP contribution in [-0.2, 0) is 16.0 Å². The molecule has 0 unspecified atom stereocenters. The second-order valence-corrected chi connectivity index (χ2v) is 7.68. The third-order valence-corrected chi connectivity index (χ3v) is 5.35. The number of benzene rings is 2. The normalized spacial score (nSPS) is 15.3. The number of aliphatic carboxylic acids is 1. The summed E-state index contributed by atoms with van der Waals surface area (Å²) in [5, 5.41) is 18.0. The molecule has 0 aliphatic carbocycles. The minimum Gasteiger partial charge on any atom is -0.508 e. The van der Waals surface area contributed by atoms with Crippen LogP contribution in [0.5, 0.6) is 11.5 Å². The highest BCUT2D eigenvalue weighted by Crippen LogP contribution is 2.33. The van der Waals surface area contributed by atoms with Crippen molar-refractivity contribution >= 4 is 46.3 Å². The SMILES string of the molecule is O=C(O)COc1ccc(/C=C2/SC(=S)N(CCc3ccc(O)cc3)C2=O)cc1. The zero-order valence-corrected chi connectivity index (χ0v) is 16.3. The highest BCUT2D eigenvalue weighted by Gasteiger charge is 2.31. The minimum absolute atomic E-state index is 0.139. The molecule has 3 rings (SSSR count). The number of rotatable bonds is 7. The van der Waals surface area contributed by atoms with Crippen LogP contribution in [0.3, 0.4) is 0 Å². The van der Waals surface area contributed by atoms with Gasteiger partial charge in [0.1, 0.15) is 15.8 Å². The summed E-state index contributed by atoms with van der Waals surface area (Å²) in [6.45, 7) is 0.0633. The van der Waals surface area contributed by atoms with E-state index in [-0.39, 0.29) is 11.7 Å². The van der Waals surface area contributed by atoms with Gasteiger partial charge in [0.2, 0.25) is 0 Å². The molecule has 1 heterocycles. The molecule has 1 amide bonds. The molecule has 0 bridgehead atoms. The number of amides is 1. The Labute approximate surface area is 171 Å². The van der Waals surface area contributed by atoms with Crippen molar-refractivity contribution in [3.05, 3.63) is 64.6 Å². The molecule has 28 heavy (non-hydrogen) atoms. The fourth-order valence-corrected chi connectivity index (χ4v) is 3.86. The Morgan fingerprint density at radius 2 is 1.82 bits per heavy atom. The molecule has 1 aliphatic heterocycles. The lowest BCUT2D eigenvalue weighted by Gasteiger charge is -2.14. The maximum absolute atomic E-state index is 12.7. The van der Waals surface area contributed by atoms with Gasteiger partial charge >= 0.3 is 5.97 Å². The fourth-order valence-electron chi connectivity index (χ4n) is 2.55. The molecule has 2 aromatic rings. The zero-order chi connectivity index (χ0) is 20.1. The lowest BCUT2D eigenvalue weighted by Crippen LogP contribution is -2.30. The van der Waals surface area contributed by atoms with Crippen LogP contribution in [0.4, 0.5) is 0 Å². The summed E-state index contributed by atoms with van der Waals surface area (Å²) in [7, 11) is 0. The largest absolute Gasteiger partial charge is 0.508 e. The van der Waals surface area contributed by atoms with Gasteiger partial charge in [-0.25, -0.2) is 4.79 Å². The van der Waals surface area contributed by atoms with Gasteiger partial charge in [-0.15, -0.1) is 0 Å². The smallest absolute Gasteiger partial charge is 0.341 e. The molecule has 0 spiro atoms. The number of carbonyl (C=O) groups is 2. The Kier molecular flexibility index (Phi) is 6.33. The van der Waals surface area contributed by atoms with Crippen LogP contribution in [-0.4, -0.2) is 44.5 Å². The number of thioether (sulfide) groups is 1. The predicted octanol–water partition coefficient (Wildman–Crippen LogP) is 3.30. The standard InChI is InChI=1S/C20H17NO5S2/c22-15-5-1-13(2-6-15)9-10-21-19(25)17(28-20(21)27)11-14-3-7-16(8-4-14)26-12-18(23)24/h1-8,11,22H,9-10,12H2,(H,23,24)/b17-11+. The number of aromatic hydroxyl groups is 1. The number of phenols is 1. The van der Waals surface area contributed by atoms with Crippen LogP contribution in [0.2, 0.25) is 0 Å². The van der Waals surface area contributed by atoms with Crippen LogP contribution >= 0.6 is 24.0 Å². The Bertz CT molecular complexity index is 923. The number of hydrogen-bond donors (Lipinski definition) is 2. The van der Waals surface area contributed by atoms with E-state index in [1.165, 1.54) is 11.8 Å². The maximum Gasteiger partial charge on any atom is 0.341 e. The number of carboxylic acid groups (broad SMARTS) is 1. The second-order valence-electron chi connectivity index (χ2n) is 6.00. The topological polar surface area (TPSA) is 87.1 Å². The predicted molar refractivity (Wildman–Crippen MR) is 111 cm³/mol. The Morgan fingerprint density at radius 3 is 2.46 bits per heavy atom. The van der Waals surface area contributed by atoms with Crippen LogP contribution < -0.4 is 4.74 Å². The van der Waals surface area contributed by atoms with Crippen LogP contribution in [0.25, 0.3) is 6.08 Å². The first-order valence-electron chi connectivity index (χ1n) is 8.40. The quantitative estimate of drug-likeness (QED) is 0.530. The first-order chi connectivity index (χ1) is 13.4. The number of hydrogen-bond acceptors (Lipinski definition) is 6. The Hall–Kier alpha value is -2.84. The molecule has 0 radical (unpaired) electrons. The molecular weight excluding hydrogens is 398 g/mol. The van der Waals surface area contributed by atoms with Crippen LogP contribution in [0.15, 0.2) is 53.4 Å². The summed E-state index contributed by atoms with van der Waals surface area (Å²) in [6.07, 6.45) is 2.39. The van der Waals surface area contributed by atoms with Gasteiger partial charge in [0.05, 0.1) is 4.91 Å². The highest BCUT2D eigenvalue weighted by molar-refractivity contribution is 8.26. The Morgan fingerprint density at radius 1 is 1.14 bits per heavy atom. The van der Waals surface area contributed by atoms with E-state index >= 15 is 0 Å². The van der Waals surface area contributed by atoms with Crippen molar-refractivity contribution in [1.29, 1.82) is 0 Å². The molecular formula is C20H17NO5S2. The zero-order valence-electron chi connectivity index (χ0n) is 14.7. The Balaban J connectivity index is 1.63. The number of carboxylic acids is 1. The van der Waals surface area contributed by atoms with Crippen molar-refractivity contribution in [1.82, 2.24) is 4.90 Å². The van der Waals surface area contributed by atoms with Gasteiger partial charge in [-0.2, -0.15) is 0 Å². The van der Waals surface area contributed by atoms with Gasteiger partial charge in [-0.3, -0.25) is 9.69 Å². The first kappa shape index (κ1) is 19.9. The van der Waals surface area contributed by atoms with E-state index in [9.17, 15) is 14.7 Å². The molecule has 1 saturated heterocycles. The number of thiocarbonyl (C=S) groups is 1. The summed E-state index contributed by atoms with van der Waals surface area (Å²) in [5.41, 5.74) is 1.80. The van der Waals surface area contributed by atoms with E-state index in [1.54, 1.807) is 47.4 Å². The third kappa shape index (κ3) is 5.11. The highest BCUT2D eigenvalue weighted by atomic mass is 32.2. The summed E-state index contributed by atoms with van der Waals surface area (Å²) in [4.78, 5) is 25.3. The molecule has 1 fully saturated rings. The first-order valence-corrected chi connectivity index (χ1v) is 9.63. The van der Waals surface area contributed by atoms with Gasteiger partial charge in [-0.05, 0) is 47.9 Å². The van der Waals surface area contributed by atoms with E-state index in [0.29, 0.717) is 27.9 Å². The van der Waals surface area contributed by atoms with Crippen molar-refractivity contribution < 1.29 is 24.5 Å². The van der Waals surface area contributed by atoms with E-state index in [4.69, 9.17) is 22.1 Å². The summed E-state index contributed by atoms with van der Waals surface area (Å²) < 4.78 is 5.60.